The highest BCUT2D eigenvalue weighted by atomic mass is 35.5. The Balaban J connectivity index is 1.55. The van der Waals surface area contributed by atoms with Crippen LogP contribution in [0.25, 0.3) is 4.85 Å². The molecular formula is C28H29Cl2N3O3. The molecule has 0 saturated carbocycles. The number of halogens is 2. The van der Waals surface area contributed by atoms with Gasteiger partial charge in [0.05, 0.1) is 36.0 Å². The number of aliphatic hydroxyl groups excluding tert-OH is 2. The average Bonchev–Trinajstić information content (AvgIpc) is 2.89. The lowest BCUT2D eigenvalue weighted by atomic mass is 10.00. The number of benzene rings is 3. The third-order valence-corrected chi connectivity index (χ3v) is 6.94. The summed E-state index contributed by atoms with van der Waals surface area (Å²) in [7, 11) is 0. The highest BCUT2D eigenvalue weighted by Gasteiger charge is 2.31. The van der Waals surface area contributed by atoms with Crippen LogP contribution in [-0.4, -0.2) is 54.0 Å². The van der Waals surface area contributed by atoms with Crippen molar-refractivity contribution < 1.29 is 14.9 Å². The fourth-order valence-corrected chi connectivity index (χ4v) is 4.85. The number of nitrogens with zero attached hydrogens (tertiary/aromatic N) is 3. The van der Waals surface area contributed by atoms with Gasteiger partial charge < -0.3 is 19.8 Å². The van der Waals surface area contributed by atoms with Gasteiger partial charge in [0, 0.05) is 37.3 Å². The molecule has 1 heterocycles. The van der Waals surface area contributed by atoms with Gasteiger partial charge in [0.1, 0.15) is 11.9 Å². The molecule has 1 aliphatic heterocycles. The fourth-order valence-electron chi connectivity index (χ4n) is 4.45. The molecule has 3 aromatic carbocycles. The third kappa shape index (κ3) is 6.31. The van der Waals surface area contributed by atoms with Crippen LogP contribution in [0.5, 0.6) is 5.75 Å². The molecule has 0 spiro atoms. The Morgan fingerprint density at radius 1 is 1.06 bits per heavy atom. The maximum atomic E-state index is 10.9. The van der Waals surface area contributed by atoms with E-state index in [0.29, 0.717) is 41.1 Å². The molecule has 0 aliphatic carbocycles. The first-order chi connectivity index (χ1) is 17.4. The lowest BCUT2D eigenvalue weighted by molar-refractivity contribution is 0.100. The summed E-state index contributed by atoms with van der Waals surface area (Å²) in [6, 6.07) is 20.5. The largest absolute Gasteiger partial charge is 0.488 e. The Hall–Kier alpha value is -2.79. The summed E-state index contributed by atoms with van der Waals surface area (Å²) < 4.78 is 5.71. The fraction of sp³-hybridized carbons (Fsp3) is 0.321. The first-order valence-corrected chi connectivity index (χ1v) is 12.6. The van der Waals surface area contributed by atoms with Crippen LogP contribution in [0.4, 0.5) is 11.4 Å². The molecule has 3 aromatic rings. The zero-order valence-electron chi connectivity index (χ0n) is 20.0. The minimum atomic E-state index is -0.657. The minimum Gasteiger partial charge on any atom is -0.488 e. The molecule has 3 atom stereocenters. The van der Waals surface area contributed by atoms with Crippen LogP contribution in [0.2, 0.25) is 10.0 Å². The van der Waals surface area contributed by atoms with Gasteiger partial charge in [-0.15, -0.1) is 0 Å². The number of anilines is 1. The van der Waals surface area contributed by atoms with Crippen molar-refractivity contribution in [1.82, 2.24) is 4.90 Å². The van der Waals surface area contributed by atoms with Crippen molar-refractivity contribution in [3.8, 4) is 5.75 Å². The van der Waals surface area contributed by atoms with Crippen LogP contribution >= 0.6 is 23.2 Å². The van der Waals surface area contributed by atoms with Gasteiger partial charge in [-0.2, -0.15) is 0 Å². The molecule has 0 aromatic heterocycles. The number of ether oxygens (including phenoxy) is 1. The number of β-amino-alcohol motifs (C(OH)–C–C–N with tert-alkyl or cyclic N) is 1. The minimum absolute atomic E-state index is 0.00617. The van der Waals surface area contributed by atoms with Crippen molar-refractivity contribution in [1.29, 1.82) is 0 Å². The zero-order valence-corrected chi connectivity index (χ0v) is 21.5. The highest BCUT2D eigenvalue weighted by Crippen LogP contribution is 2.38. The van der Waals surface area contributed by atoms with Crippen LogP contribution in [-0.2, 0) is 0 Å². The second-order valence-corrected chi connectivity index (χ2v) is 9.81. The third-order valence-electron chi connectivity index (χ3n) is 6.38. The van der Waals surface area contributed by atoms with Crippen molar-refractivity contribution >= 4 is 34.6 Å². The van der Waals surface area contributed by atoms with Gasteiger partial charge >= 0.3 is 0 Å². The second-order valence-electron chi connectivity index (χ2n) is 8.96. The van der Waals surface area contributed by atoms with E-state index in [1.165, 1.54) is 0 Å². The molecule has 0 amide bonds. The van der Waals surface area contributed by atoms with Crippen LogP contribution in [0, 0.1) is 6.57 Å². The number of rotatable bonds is 8. The molecule has 8 heteroatoms. The Morgan fingerprint density at radius 3 is 2.42 bits per heavy atom. The first kappa shape index (κ1) is 26.3. The molecule has 0 unspecified atom stereocenters. The molecular weight excluding hydrogens is 497 g/mol. The molecule has 0 bridgehead atoms. The molecule has 4 rings (SSSR count). The summed E-state index contributed by atoms with van der Waals surface area (Å²) >= 11 is 12.9. The molecule has 1 aliphatic rings. The number of piperazine rings is 1. The van der Waals surface area contributed by atoms with Gasteiger partial charge in [-0.05, 0) is 42.3 Å². The van der Waals surface area contributed by atoms with E-state index in [1.54, 1.807) is 25.1 Å². The van der Waals surface area contributed by atoms with Crippen molar-refractivity contribution in [2.75, 3.05) is 37.7 Å². The SMILES string of the molecule is [C-]#[N+]c1ccc([C@H](O)CN2CCN(c3ccc(O[C@H](C)CO)cc3Cl)[C@H](c3ccc(Cl)cc3)C2)cc1. The molecule has 36 heavy (non-hydrogen) atoms. The topological polar surface area (TPSA) is 60.5 Å². The molecule has 188 valence electrons. The monoisotopic (exact) mass is 525 g/mol. The van der Waals surface area contributed by atoms with Crippen molar-refractivity contribution in [3.05, 3.63) is 99.3 Å². The van der Waals surface area contributed by atoms with E-state index in [-0.39, 0.29) is 18.8 Å². The summed E-state index contributed by atoms with van der Waals surface area (Å²) in [5.74, 6) is 0.610. The number of hydrogen-bond acceptors (Lipinski definition) is 5. The molecule has 0 radical (unpaired) electrons. The Morgan fingerprint density at radius 2 is 1.78 bits per heavy atom. The number of hydrogen-bond donors (Lipinski definition) is 2. The van der Waals surface area contributed by atoms with Gasteiger partial charge in [-0.25, -0.2) is 4.85 Å². The Kier molecular flexibility index (Phi) is 8.73. The Labute approximate surface area is 222 Å². The highest BCUT2D eigenvalue weighted by molar-refractivity contribution is 6.33. The quantitative estimate of drug-likeness (QED) is 0.358. The van der Waals surface area contributed by atoms with Crippen molar-refractivity contribution in [3.63, 3.8) is 0 Å². The maximum absolute atomic E-state index is 10.9. The zero-order chi connectivity index (χ0) is 25.7. The van der Waals surface area contributed by atoms with Crippen molar-refractivity contribution in [2.45, 2.75) is 25.2 Å². The van der Waals surface area contributed by atoms with E-state index in [1.807, 2.05) is 48.5 Å². The smallest absolute Gasteiger partial charge is 0.187 e. The molecule has 6 nitrogen and oxygen atoms in total. The number of aliphatic hydroxyl groups is 2. The van der Waals surface area contributed by atoms with E-state index in [2.05, 4.69) is 14.6 Å². The Bertz CT molecular complexity index is 1200. The van der Waals surface area contributed by atoms with E-state index >= 15 is 0 Å². The predicted molar refractivity (Wildman–Crippen MR) is 144 cm³/mol. The van der Waals surface area contributed by atoms with Gasteiger partial charge in [-0.1, -0.05) is 59.6 Å². The maximum Gasteiger partial charge on any atom is 0.187 e. The van der Waals surface area contributed by atoms with Gasteiger partial charge in [-0.3, -0.25) is 4.90 Å². The van der Waals surface area contributed by atoms with Crippen LogP contribution in [0.3, 0.4) is 0 Å². The van der Waals surface area contributed by atoms with Gasteiger partial charge in [0.25, 0.3) is 0 Å². The van der Waals surface area contributed by atoms with E-state index in [4.69, 9.17) is 34.5 Å². The molecule has 1 saturated heterocycles. The average molecular weight is 526 g/mol. The second kappa shape index (κ2) is 12.0. The summed E-state index contributed by atoms with van der Waals surface area (Å²) in [6.45, 7) is 11.5. The molecule has 1 fully saturated rings. The van der Waals surface area contributed by atoms with E-state index in [9.17, 15) is 10.2 Å². The predicted octanol–water partition coefficient (Wildman–Crippen LogP) is 5.90. The first-order valence-electron chi connectivity index (χ1n) is 11.8. The van der Waals surface area contributed by atoms with Gasteiger partial charge in [0.2, 0.25) is 0 Å². The standard InChI is InChI=1S/C28H29Cl2N3O3/c1-19(18-34)36-24-11-12-26(25(30)15-24)33-14-13-32(16-27(33)20-3-7-22(29)8-4-20)17-28(35)21-5-9-23(31-2)10-6-21/h3-12,15,19,27-28,34-35H,13-14,16-18H2,1H3/t19-,27+,28-/m1/s1. The van der Waals surface area contributed by atoms with Crippen LogP contribution in [0.1, 0.15) is 30.2 Å². The van der Waals surface area contributed by atoms with Crippen LogP contribution in [0.15, 0.2) is 66.7 Å². The lowest BCUT2D eigenvalue weighted by Crippen LogP contribution is -2.49. The van der Waals surface area contributed by atoms with Crippen molar-refractivity contribution in [2.24, 2.45) is 0 Å². The van der Waals surface area contributed by atoms with E-state index < -0.39 is 6.10 Å². The summed E-state index contributed by atoms with van der Waals surface area (Å²) in [5.41, 5.74) is 3.35. The normalized spacial score (nSPS) is 17.9. The van der Waals surface area contributed by atoms with Crippen LogP contribution < -0.4 is 9.64 Å². The summed E-state index contributed by atoms with van der Waals surface area (Å²) in [6.07, 6.45) is -0.975. The molecule has 2 N–H and O–H groups in total. The van der Waals surface area contributed by atoms with Gasteiger partial charge in [0.15, 0.2) is 5.69 Å². The lowest BCUT2D eigenvalue weighted by Gasteiger charge is -2.44. The summed E-state index contributed by atoms with van der Waals surface area (Å²) in [4.78, 5) is 7.94. The van der Waals surface area contributed by atoms with E-state index in [0.717, 1.165) is 23.4 Å². The summed E-state index contributed by atoms with van der Waals surface area (Å²) in [5, 5.41) is 21.4.